The highest BCUT2D eigenvalue weighted by Crippen LogP contribution is 2.23. The molecule has 3 rings (SSSR count). The highest BCUT2D eigenvalue weighted by molar-refractivity contribution is 6.31. The van der Waals surface area contributed by atoms with Gasteiger partial charge < -0.3 is 10.4 Å². The smallest absolute Gasteiger partial charge is 0.273 e. The quantitative estimate of drug-likeness (QED) is 0.661. The van der Waals surface area contributed by atoms with Gasteiger partial charge in [0.1, 0.15) is 0 Å². The summed E-state index contributed by atoms with van der Waals surface area (Å²) in [6.07, 6.45) is 6.11. The second-order valence-electron chi connectivity index (χ2n) is 6.93. The highest BCUT2D eigenvalue weighted by atomic mass is 35.5. The minimum absolute atomic E-state index is 0.0517. The van der Waals surface area contributed by atoms with Crippen molar-refractivity contribution in [2.75, 3.05) is 32.8 Å². The fourth-order valence-corrected chi connectivity index (χ4v) is 3.56. The van der Waals surface area contributed by atoms with Gasteiger partial charge in [0.05, 0.1) is 12.2 Å². The van der Waals surface area contributed by atoms with Gasteiger partial charge in [-0.3, -0.25) is 9.69 Å². The van der Waals surface area contributed by atoms with Gasteiger partial charge in [0.25, 0.3) is 5.91 Å². The number of carbonyl (C=O) groups is 1. The third kappa shape index (κ3) is 5.89. The van der Waals surface area contributed by atoms with Crippen LogP contribution in [0, 0.1) is 0 Å². The number of hydrogen-bond donors (Lipinski definition) is 2. The van der Waals surface area contributed by atoms with Crippen molar-refractivity contribution in [1.82, 2.24) is 25.2 Å². The third-order valence-electron chi connectivity index (χ3n) is 4.79. The summed E-state index contributed by atoms with van der Waals surface area (Å²) in [6, 6.07) is 10.3. The summed E-state index contributed by atoms with van der Waals surface area (Å²) in [6.45, 7) is 3.05. The molecule has 0 aliphatic carbocycles. The van der Waals surface area contributed by atoms with Crippen molar-refractivity contribution in [2.24, 2.45) is 0 Å². The van der Waals surface area contributed by atoms with E-state index in [-0.39, 0.29) is 18.6 Å². The van der Waals surface area contributed by atoms with Crippen LogP contribution in [0.4, 0.5) is 0 Å². The van der Waals surface area contributed by atoms with Crippen LogP contribution in [0.2, 0.25) is 0 Å². The molecule has 1 aromatic carbocycles. The average molecular weight is 404 g/mol. The lowest BCUT2D eigenvalue weighted by molar-refractivity contribution is 0.0946. The number of carbonyl (C=O) groups excluding carboxylic acids is 1. The topological polar surface area (TPSA) is 83.3 Å². The highest BCUT2D eigenvalue weighted by Gasteiger charge is 2.23. The van der Waals surface area contributed by atoms with Crippen molar-refractivity contribution >= 4 is 23.6 Å². The summed E-state index contributed by atoms with van der Waals surface area (Å²) in [5.74, 6) is -0.255. The molecule has 1 aromatic heterocycles. The van der Waals surface area contributed by atoms with Crippen LogP contribution in [-0.4, -0.2) is 63.7 Å². The second kappa shape index (κ2) is 10.4. The first-order valence-corrected chi connectivity index (χ1v) is 9.98. The maximum absolute atomic E-state index is 12.0. The number of nitrogens with zero attached hydrogens (tertiary/aromatic N) is 4. The van der Waals surface area contributed by atoms with E-state index in [2.05, 4.69) is 20.5 Å². The van der Waals surface area contributed by atoms with Crippen molar-refractivity contribution in [3.8, 4) is 0 Å². The number of rotatable bonds is 8. The lowest BCUT2D eigenvalue weighted by atomic mass is 10.1. The number of nitrogens with one attached hydrogen (secondary N) is 1. The minimum Gasteiger partial charge on any atom is -0.396 e. The van der Waals surface area contributed by atoms with Gasteiger partial charge in [0.15, 0.2) is 5.69 Å². The molecule has 0 saturated carbocycles. The molecular formula is C20H26ClN5O2. The summed E-state index contributed by atoms with van der Waals surface area (Å²) in [5.41, 5.74) is 1.42. The predicted octanol–water partition coefficient (Wildman–Crippen LogP) is 2.31. The van der Waals surface area contributed by atoms with Gasteiger partial charge in [-0.2, -0.15) is 0 Å². The molecule has 0 atom stereocenters. The number of aliphatic hydroxyl groups is 1. The molecule has 1 aliphatic heterocycles. The van der Waals surface area contributed by atoms with Crippen LogP contribution in [0.5, 0.6) is 0 Å². The molecule has 0 radical (unpaired) electrons. The Bertz CT molecular complexity index is 785. The molecule has 2 N–H and O–H groups in total. The fraction of sp³-hybridized carbons (Fsp3) is 0.450. The number of piperidine rings is 1. The number of aliphatic hydroxyl groups excluding tert-OH is 1. The van der Waals surface area contributed by atoms with E-state index in [0.29, 0.717) is 18.7 Å². The van der Waals surface area contributed by atoms with Gasteiger partial charge in [-0.1, -0.05) is 47.1 Å². The zero-order chi connectivity index (χ0) is 19.8. The number of aromatic nitrogens is 3. The Labute approximate surface area is 170 Å². The first kappa shape index (κ1) is 20.5. The number of halogens is 1. The van der Waals surface area contributed by atoms with Gasteiger partial charge in [-0.05, 0) is 30.9 Å². The SMILES string of the molecule is O=C(NCCCO)c1cn(C2CCN(CC(Cl)=Cc3ccccc3)CC2)nn1. The lowest BCUT2D eigenvalue weighted by Gasteiger charge is -2.31. The van der Waals surface area contributed by atoms with Gasteiger partial charge in [0, 0.05) is 37.8 Å². The van der Waals surface area contributed by atoms with Gasteiger partial charge in [-0.15, -0.1) is 5.10 Å². The molecule has 8 heteroatoms. The monoisotopic (exact) mass is 403 g/mol. The molecule has 150 valence electrons. The molecule has 28 heavy (non-hydrogen) atoms. The zero-order valence-electron chi connectivity index (χ0n) is 15.8. The van der Waals surface area contributed by atoms with Gasteiger partial charge in [-0.25, -0.2) is 4.68 Å². The molecule has 2 aromatic rings. The van der Waals surface area contributed by atoms with Crippen molar-refractivity contribution in [3.63, 3.8) is 0 Å². The largest absolute Gasteiger partial charge is 0.396 e. The van der Waals surface area contributed by atoms with Crippen LogP contribution in [0.1, 0.15) is 41.4 Å². The van der Waals surface area contributed by atoms with E-state index in [0.717, 1.165) is 43.1 Å². The molecule has 0 spiro atoms. The molecule has 1 aliphatic rings. The van der Waals surface area contributed by atoms with Crippen molar-refractivity contribution in [1.29, 1.82) is 0 Å². The maximum Gasteiger partial charge on any atom is 0.273 e. The Morgan fingerprint density at radius 3 is 2.75 bits per heavy atom. The molecule has 1 amide bonds. The Balaban J connectivity index is 1.47. The summed E-state index contributed by atoms with van der Waals surface area (Å²) in [4.78, 5) is 14.3. The Kier molecular flexibility index (Phi) is 7.59. The Hall–Kier alpha value is -2.22. The number of amides is 1. The molecule has 1 fully saturated rings. The molecule has 0 unspecified atom stereocenters. The fourth-order valence-electron chi connectivity index (χ4n) is 3.26. The molecule has 1 saturated heterocycles. The third-order valence-corrected chi connectivity index (χ3v) is 5.02. The van der Waals surface area contributed by atoms with Gasteiger partial charge >= 0.3 is 0 Å². The van der Waals surface area contributed by atoms with Crippen molar-refractivity contribution < 1.29 is 9.90 Å². The van der Waals surface area contributed by atoms with E-state index < -0.39 is 0 Å². The van der Waals surface area contributed by atoms with E-state index in [4.69, 9.17) is 16.7 Å². The first-order valence-electron chi connectivity index (χ1n) is 9.60. The van der Waals surface area contributed by atoms with Crippen LogP contribution < -0.4 is 5.32 Å². The summed E-state index contributed by atoms with van der Waals surface area (Å²) < 4.78 is 1.79. The number of hydrogen-bond acceptors (Lipinski definition) is 5. The molecular weight excluding hydrogens is 378 g/mol. The molecule has 7 nitrogen and oxygen atoms in total. The summed E-state index contributed by atoms with van der Waals surface area (Å²) in [5, 5.41) is 20.4. The molecule has 2 heterocycles. The van der Waals surface area contributed by atoms with Crippen molar-refractivity contribution in [2.45, 2.75) is 25.3 Å². The second-order valence-corrected chi connectivity index (χ2v) is 7.41. The van der Waals surface area contributed by atoms with Gasteiger partial charge in [0.2, 0.25) is 0 Å². The predicted molar refractivity (Wildman–Crippen MR) is 109 cm³/mol. The van der Waals surface area contributed by atoms with Crippen LogP contribution >= 0.6 is 11.6 Å². The summed E-state index contributed by atoms with van der Waals surface area (Å²) in [7, 11) is 0. The van der Waals surface area contributed by atoms with Crippen molar-refractivity contribution in [3.05, 3.63) is 52.8 Å². The maximum atomic E-state index is 12.0. The Morgan fingerprint density at radius 1 is 1.29 bits per heavy atom. The van der Waals surface area contributed by atoms with E-state index >= 15 is 0 Å². The van der Waals surface area contributed by atoms with E-state index in [1.54, 1.807) is 10.9 Å². The normalized spacial score (nSPS) is 16.3. The zero-order valence-corrected chi connectivity index (χ0v) is 16.6. The van der Waals surface area contributed by atoms with E-state index in [1.807, 2.05) is 36.4 Å². The number of benzene rings is 1. The average Bonchev–Trinajstić information content (AvgIpc) is 3.20. The van der Waals surface area contributed by atoms with Crippen LogP contribution in [0.25, 0.3) is 6.08 Å². The van der Waals surface area contributed by atoms with Crippen LogP contribution in [-0.2, 0) is 0 Å². The Morgan fingerprint density at radius 2 is 2.04 bits per heavy atom. The summed E-state index contributed by atoms with van der Waals surface area (Å²) >= 11 is 6.42. The van der Waals surface area contributed by atoms with E-state index in [1.165, 1.54) is 0 Å². The first-order chi connectivity index (χ1) is 13.7. The lowest BCUT2D eigenvalue weighted by Crippen LogP contribution is -2.35. The molecule has 0 bridgehead atoms. The van der Waals surface area contributed by atoms with Crippen LogP contribution in [0.15, 0.2) is 41.6 Å². The van der Waals surface area contributed by atoms with Crippen LogP contribution in [0.3, 0.4) is 0 Å². The number of likely N-dealkylation sites (tertiary alicyclic amines) is 1. The standard InChI is InChI=1S/C20H26ClN5O2/c21-17(13-16-5-2-1-3-6-16)14-25-10-7-18(8-11-25)26-15-19(23-24-26)20(28)22-9-4-12-27/h1-3,5-6,13,15,18,27H,4,7-12,14H2,(H,22,28). The van der Waals surface area contributed by atoms with E-state index in [9.17, 15) is 4.79 Å². The minimum atomic E-state index is -0.255.